The van der Waals surface area contributed by atoms with Crippen LogP contribution < -0.4 is 0 Å². The zero-order chi connectivity index (χ0) is 20.3. The predicted octanol–water partition coefficient (Wildman–Crippen LogP) is 3.64. The zero-order valence-electron chi connectivity index (χ0n) is 17.0. The Morgan fingerprint density at radius 1 is 0.667 bits per heavy atom. The molecule has 3 N–H and O–H groups in total. The third-order valence-electron chi connectivity index (χ3n) is 4.75. The molecule has 0 spiro atoms. The molecule has 0 aromatic heterocycles. The lowest BCUT2D eigenvalue weighted by atomic mass is 10.0. The molecule has 27 heavy (non-hydrogen) atoms. The molecule has 0 aromatic rings. The van der Waals surface area contributed by atoms with Crippen LogP contribution in [0, 0.1) is 0 Å². The van der Waals surface area contributed by atoms with Crippen molar-refractivity contribution in [2.45, 2.75) is 115 Å². The van der Waals surface area contributed by atoms with E-state index in [1.807, 2.05) is 0 Å². The summed E-state index contributed by atoms with van der Waals surface area (Å²) in [6.45, 7) is 1.42. The minimum atomic E-state index is -1.75. The highest BCUT2D eigenvalue weighted by atomic mass is 16.6. The van der Waals surface area contributed by atoms with Crippen molar-refractivity contribution in [2.24, 2.45) is 0 Å². The number of hydrogen-bond donors (Lipinski definition) is 3. The Morgan fingerprint density at radius 2 is 1.04 bits per heavy atom. The van der Waals surface area contributed by atoms with Crippen molar-refractivity contribution >= 4 is 11.9 Å². The van der Waals surface area contributed by atoms with Gasteiger partial charge in [-0.1, -0.05) is 96.8 Å². The molecule has 0 bridgehead atoms. The number of hydrogen-bond acceptors (Lipinski definition) is 6. The Balaban J connectivity index is 3.41. The van der Waals surface area contributed by atoms with Crippen LogP contribution in [0.5, 0.6) is 0 Å². The minimum absolute atomic E-state index is 0.235. The van der Waals surface area contributed by atoms with Crippen LogP contribution >= 0.6 is 0 Å². The number of ether oxygens (including phenoxy) is 1. The second kappa shape index (κ2) is 18.4. The highest BCUT2D eigenvalue weighted by Crippen LogP contribution is 2.14. The molecule has 2 atom stereocenters. The molecular formula is C21H40O6. The van der Waals surface area contributed by atoms with Crippen molar-refractivity contribution in [1.29, 1.82) is 0 Å². The van der Waals surface area contributed by atoms with Crippen molar-refractivity contribution in [3.8, 4) is 0 Å². The van der Waals surface area contributed by atoms with E-state index in [0.717, 1.165) is 19.3 Å². The number of aliphatic hydroxyl groups excluding tert-OH is 3. The molecule has 0 radical (unpaired) electrons. The molecule has 0 saturated carbocycles. The summed E-state index contributed by atoms with van der Waals surface area (Å²) in [5, 5.41) is 27.2. The number of carbonyl (C=O) groups is 2. The molecule has 2 unspecified atom stereocenters. The van der Waals surface area contributed by atoms with Crippen LogP contribution in [-0.4, -0.2) is 46.1 Å². The van der Waals surface area contributed by atoms with Gasteiger partial charge in [-0.3, -0.25) is 0 Å². The van der Waals surface area contributed by atoms with Gasteiger partial charge in [-0.2, -0.15) is 0 Å². The van der Waals surface area contributed by atoms with Gasteiger partial charge < -0.3 is 20.1 Å². The molecule has 0 heterocycles. The van der Waals surface area contributed by atoms with Gasteiger partial charge in [-0.05, 0) is 6.42 Å². The number of esters is 2. The summed E-state index contributed by atoms with van der Waals surface area (Å²) in [4.78, 5) is 22.6. The first-order valence-corrected chi connectivity index (χ1v) is 10.8. The molecular weight excluding hydrogens is 348 g/mol. The Morgan fingerprint density at radius 3 is 1.44 bits per heavy atom. The zero-order valence-corrected chi connectivity index (χ0v) is 17.0. The van der Waals surface area contributed by atoms with E-state index in [9.17, 15) is 14.7 Å². The Hall–Kier alpha value is -0.980. The average molecular weight is 389 g/mol. The van der Waals surface area contributed by atoms with Gasteiger partial charge in [0.15, 0.2) is 12.2 Å². The molecule has 0 fully saturated rings. The number of rotatable bonds is 18. The van der Waals surface area contributed by atoms with E-state index in [-0.39, 0.29) is 6.42 Å². The summed E-state index contributed by atoms with van der Waals surface area (Å²) >= 11 is 0. The van der Waals surface area contributed by atoms with Gasteiger partial charge in [-0.15, -0.1) is 0 Å². The normalized spacial score (nSPS) is 13.3. The number of unbranched alkanes of at least 4 members (excludes halogenated alkanes) is 13. The van der Waals surface area contributed by atoms with Crippen LogP contribution in [0.3, 0.4) is 0 Å². The van der Waals surface area contributed by atoms with Crippen molar-refractivity contribution in [1.82, 2.24) is 0 Å². The molecule has 0 saturated heterocycles. The van der Waals surface area contributed by atoms with Crippen molar-refractivity contribution in [3.63, 3.8) is 0 Å². The van der Waals surface area contributed by atoms with Crippen LogP contribution in [0.25, 0.3) is 0 Å². The van der Waals surface area contributed by atoms with Crippen molar-refractivity contribution < 1.29 is 29.6 Å². The lowest BCUT2D eigenvalue weighted by Crippen LogP contribution is -2.33. The van der Waals surface area contributed by atoms with E-state index in [1.54, 1.807) is 0 Å². The maximum absolute atomic E-state index is 11.5. The molecule has 0 aliphatic carbocycles. The first kappa shape index (κ1) is 26.0. The predicted molar refractivity (Wildman–Crippen MR) is 105 cm³/mol. The van der Waals surface area contributed by atoms with Crippen LogP contribution in [0.1, 0.15) is 103 Å². The highest BCUT2D eigenvalue weighted by molar-refractivity contribution is 5.89. The van der Waals surface area contributed by atoms with E-state index in [4.69, 9.17) is 10.2 Å². The first-order valence-electron chi connectivity index (χ1n) is 10.8. The molecule has 0 aromatic carbocycles. The Labute approximate surface area is 164 Å². The third kappa shape index (κ3) is 15.7. The maximum atomic E-state index is 11.5. The fourth-order valence-corrected chi connectivity index (χ4v) is 2.96. The summed E-state index contributed by atoms with van der Waals surface area (Å²) in [5.74, 6) is -2.30. The molecule has 6 heteroatoms. The molecule has 0 aliphatic rings. The largest absolute Gasteiger partial charge is 0.393 e. The van der Waals surface area contributed by atoms with Gasteiger partial charge in [0.25, 0.3) is 0 Å². The minimum Gasteiger partial charge on any atom is -0.393 e. The van der Waals surface area contributed by atoms with Gasteiger partial charge in [0, 0.05) is 0 Å². The standard InChI is InChI=1S/C21H40O6/c1-2-3-4-5-6-7-8-9-10-11-12-13-14-15-16-18(23)20(25)27-21(26)19(24)17-22/h18-19,22-24H,2-17H2,1H3. The number of aliphatic hydroxyl groups is 3. The van der Waals surface area contributed by atoms with E-state index < -0.39 is 30.8 Å². The molecule has 0 rings (SSSR count). The third-order valence-corrected chi connectivity index (χ3v) is 4.75. The van der Waals surface area contributed by atoms with E-state index in [2.05, 4.69) is 11.7 Å². The lowest BCUT2D eigenvalue weighted by Gasteiger charge is -2.11. The fraction of sp³-hybridized carbons (Fsp3) is 0.905. The van der Waals surface area contributed by atoms with Crippen LogP contribution in [0.2, 0.25) is 0 Å². The average Bonchev–Trinajstić information content (AvgIpc) is 2.67. The molecule has 6 nitrogen and oxygen atoms in total. The van der Waals surface area contributed by atoms with Gasteiger partial charge in [-0.25, -0.2) is 9.59 Å². The van der Waals surface area contributed by atoms with Crippen LogP contribution in [0.15, 0.2) is 0 Å². The summed E-state index contributed by atoms with van der Waals surface area (Å²) in [7, 11) is 0. The van der Waals surface area contributed by atoms with Gasteiger partial charge >= 0.3 is 11.9 Å². The van der Waals surface area contributed by atoms with Crippen LogP contribution in [0.4, 0.5) is 0 Å². The Bertz CT molecular complexity index is 372. The van der Waals surface area contributed by atoms with Gasteiger partial charge in [0.05, 0.1) is 6.61 Å². The van der Waals surface area contributed by atoms with E-state index in [1.165, 1.54) is 64.2 Å². The summed E-state index contributed by atoms with van der Waals surface area (Å²) < 4.78 is 4.30. The number of carbonyl (C=O) groups excluding carboxylic acids is 2. The van der Waals surface area contributed by atoms with Gasteiger partial charge in [0.1, 0.15) is 0 Å². The molecule has 0 amide bonds. The monoisotopic (exact) mass is 388 g/mol. The highest BCUT2D eigenvalue weighted by Gasteiger charge is 2.23. The second-order valence-corrected chi connectivity index (χ2v) is 7.34. The quantitative estimate of drug-likeness (QED) is 0.188. The maximum Gasteiger partial charge on any atom is 0.345 e. The van der Waals surface area contributed by atoms with E-state index >= 15 is 0 Å². The second-order valence-electron chi connectivity index (χ2n) is 7.34. The lowest BCUT2D eigenvalue weighted by molar-refractivity contribution is -0.172. The van der Waals surface area contributed by atoms with Crippen molar-refractivity contribution in [3.05, 3.63) is 0 Å². The summed E-state index contributed by atoms with van der Waals surface area (Å²) in [6.07, 6.45) is 14.3. The van der Waals surface area contributed by atoms with Gasteiger partial charge in [0.2, 0.25) is 0 Å². The van der Waals surface area contributed by atoms with E-state index in [0.29, 0.717) is 6.42 Å². The van der Waals surface area contributed by atoms with Crippen molar-refractivity contribution in [2.75, 3.05) is 6.61 Å². The smallest absolute Gasteiger partial charge is 0.345 e. The first-order chi connectivity index (χ1) is 13.0. The molecule has 0 aliphatic heterocycles. The Kier molecular flexibility index (Phi) is 17.7. The van der Waals surface area contributed by atoms with Crippen LogP contribution in [-0.2, 0) is 14.3 Å². The molecule has 160 valence electrons. The SMILES string of the molecule is CCCCCCCCCCCCCCCCC(O)C(=O)OC(=O)C(O)CO. The summed E-state index contributed by atoms with van der Waals surface area (Å²) in [6, 6.07) is 0. The topological polar surface area (TPSA) is 104 Å². The summed E-state index contributed by atoms with van der Waals surface area (Å²) in [5.41, 5.74) is 0. The fourth-order valence-electron chi connectivity index (χ4n) is 2.96.